The molecule has 0 unspecified atom stereocenters. The van der Waals surface area contributed by atoms with Crippen LogP contribution in [0.3, 0.4) is 0 Å². The number of carboxylic acids is 1. The van der Waals surface area contributed by atoms with Crippen LogP contribution in [0.5, 0.6) is 0 Å². The SMILES string of the molecule is O=C(O)c1ccc(NC(=O)c2cnccc2Cl)s1. The van der Waals surface area contributed by atoms with E-state index in [1.54, 1.807) is 0 Å². The summed E-state index contributed by atoms with van der Waals surface area (Å²) in [4.78, 5) is 26.5. The molecule has 1 amide bonds. The molecule has 0 radical (unpaired) electrons. The molecule has 2 N–H and O–H groups in total. The molecule has 0 spiro atoms. The van der Waals surface area contributed by atoms with Crippen LogP contribution in [0.1, 0.15) is 20.0 Å². The van der Waals surface area contributed by atoms with Crippen molar-refractivity contribution >= 4 is 39.8 Å². The third kappa shape index (κ3) is 2.66. The topological polar surface area (TPSA) is 79.3 Å². The van der Waals surface area contributed by atoms with Crippen molar-refractivity contribution in [2.45, 2.75) is 0 Å². The first kappa shape index (κ1) is 12.5. The van der Waals surface area contributed by atoms with Gasteiger partial charge in [0.2, 0.25) is 0 Å². The van der Waals surface area contributed by atoms with Crippen LogP contribution < -0.4 is 5.32 Å². The van der Waals surface area contributed by atoms with Crippen molar-refractivity contribution in [1.29, 1.82) is 0 Å². The highest BCUT2D eigenvalue weighted by atomic mass is 35.5. The van der Waals surface area contributed by atoms with E-state index in [0.717, 1.165) is 11.3 Å². The molecule has 2 rings (SSSR count). The third-order valence-electron chi connectivity index (χ3n) is 2.07. The van der Waals surface area contributed by atoms with Crippen LogP contribution in [0.15, 0.2) is 30.6 Å². The number of carboxylic acid groups (broad SMARTS) is 1. The summed E-state index contributed by atoms with van der Waals surface area (Å²) in [6.07, 6.45) is 2.83. The van der Waals surface area contributed by atoms with Crippen LogP contribution in [0.2, 0.25) is 5.02 Å². The highest BCUT2D eigenvalue weighted by Crippen LogP contribution is 2.23. The highest BCUT2D eigenvalue weighted by molar-refractivity contribution is 7.18. The second-order valence-corrected chi connectivity index (χ2v) is 4.77. The molecule has 0 aliphatic rings. The van der Waals surface area contributed by atoms with E-state index in [1.165, 1.54) is 30.6 Å². The predicted molar refractivity (Wildman–Crippen MR) is 68.5 cm³/mol. The molecule has 0 fully saturated rings. The number of hydrogen-bond acceptors (Lipinski definition) is 4. The summed E-state index contributed by atoms with van der Waals surface area (Å²) in [5.41, 5.74) is 0.240. The molecular weight excluding hydrogens is 276 g/mol. The molecule has 18 heavy (non-hydrogen) atoms. The quantitative estimate of drug-likeness (QED) is 0.907. The van der Waals surface area contributed by atoms with Crippen molar-refractivity contribution in [2.24, 2.45) is 0 Å². The number of aromatic carboxylic acids is 1. The Morgan fingerprint density at radius 1 is 1.33 bits per heavy atom. The maximum atomic E-state index is 11.8. The Balaban J connectivity index is 2.16. The Morgan fingerprint density at radius 3 is 2.72 bits per heavy atom. The molecular formula is C11H7ClN2O3S. The number of rotatable bonds is 3. The Bertz CT molecular complexity index is 612. The lowest BCUT2D eigenvalue weighted by Crippen LogP contribution is -2.11. The lowest BCUT2D eigenvalue weighted by molar-refractivity contribution is 0.0702. The summed E-state index contributed by atoms with van der Waals surface area (Å²) in [5, 5.41) is 12.1. The minimum absolute atomic E-state index is 0.155. The van der Waals surface area contributed by atoms with Gasteiger partial charge in [-0.3, -0.25) is 9.78 Å². The van der Waals surface area contributed by atoms with E-state index in [0.29, 0.717) is 5.00 Å². The van der Waals surface area contributed by atoms with Crippen LogP contribution in [0.4, 0.5) is 5.00 Å². The van der Waals surface area contributed by atoms with Crippen LogP contribution >= 0.6 is 22.9 Å². The zero-order chi connectivity index (χ0) is 13.1. The second-order valence-electron chi connectivity index (χ2n) is 3.28. The van der Waals surface area contributed by atoms with E-state index in [4.69, 9.17) is 16.7 Å². The minimum Gasteiger partial charge on any atom is -0.477 e. The number of amides is 1. The molecule has 2 aromatic rings. The summed E-state index contributed by atoms with van der Waals surface area (Å²) >= 11 is 6.82. The van der Waals surface area contributed by atoms with Crippen LogP contribution in [-0.2, 0) is 0 Å². The normalized spacial score (nSPS) is 10.1. The lowest BCUT2D eigenvalue weighted by Gasteiger charge is -2.03. The fourth-order valence-corrected chi connectivity index (χ4v) is 2.17. The summed E-state index contributed by atoms with van der Waals surface area (Å²) in [6.45, 7) is 0. The number of carbonyl (C=O) groups is 2. The number of nitrogens with one attached hydrogen (secondary N) is 1. The van der Waals surface area contributed by atoms with Gasteiger partial charge in [0.1, 0.15) is 4.88 Å². The van der Waals surface area contributed by atoms with Gasteiger partial charge in [0.15, 0.2) is 0 Å². The van der Waals surface area contributed by atoms with Gasteiger partial charge in [-0.25, -0.2) is 4.79 Å². The fourth-order valence-electron chi connectivity index (χ4n) is 1.24. The van der Waals surface area contributed by atoms with Gasteiger partial charge < -0.3 is 10.4 Å². The molecule has 0 saturated carbocycles. The van der Waals surface area contributed by atoms with E-state index >= 15 is 0 Å². The maximum absolute atomic E-state index is 11.8. The number of aromatic nitrogens is 1. The maximum Gasteiger partial charge on any atom is 0.345 e. The van der Waals surface area contributed by atoms with Gasteiger partial charge in [0, 0.05) is 12.4 Å². The molecule has 2 heterocycles. The first-order valence-corrected chi connectivity index (χ1v) is 6.01. The smallest absolute Gasteiger partial charge is 0.345 e. The number of carbonyl (C=O) groups excluding carboxylic acids is 1. The Morgan fingerprint density at radius 2 is 2.11 bits per heavy atom. The zero-order valence-electron chi connectivity index (χ0n) is 8.88. The Labute approximate surface area is 111 Å². The minimum atomic E-state index is -1.03. The Hall–Kier alpha value is -1.92. The standard InChI is InChI=1S/C11H7ClN2O3S/c12-7-3-4-13-5-6(7)10(15)14-9-2-1-8(18-9)11(16)17/h1-5H,(H,14,15)(H,16,17). The molecule has 7 heteroatoms. The zero-order valence-corrected chi connectivity index (χ0v) is 10.5. The summed E-state index contributed by atoms with van der Waals surface area (Å²) < 4.78 is 0. The van der Waals surface area contributed by atoms with E-state index in [9.17, 15) is 9.59 Å². The molecule has 5 nitrogen and oxygen atoms in total. The highest BCUT2D eigenvalue weighted by Gasteiger charge is 2.13. The van der Waals surface area contributed by atoms with Gasteiger partial charge in [-0.1, -0.05) is 11.6 Å². The lowest BCUT2D eigenvalue weighted by atomic mass is 10.2. The van der Waals surface area contributed by atoms with Crippen molar-refractivity contribution in [3.05, 3.63) is 46.1 Å². The van der Waals surface area contributed by atoms with E-state index in [2.05, 4.69) is 10.3 Å². The number of pyridine rings is 1. The fraction of sp³-hybridized carbons (Fsp3) is 0. The largest absolute Gasteiger partial charge is 0.477 e. The number of hydrogen-bond donors (Lipinski definition) is 2. The van der Waals surface area contributed by atoms with Crippen molar-refractivity contribution in [2.75, 3.05) is 5.32 Å². The van der Waals surface area contributed by atoms with Crippen LogP contribution in [0.25, 0.3) is 0 Å². The van der Waals surface area contributed by atoms with E-state index in [1.807, 2.05) is 0 Å². The molecule has 0 saturated heterocycles. The predicted octanol–water partition coefficient (Wildman–Crippen LogP) is 2.75. The van der Waals surface area contributed by atoms with Gasteiger partial charge in [-0.15, -0.1) is 11.3 Å². The average molecular weight is 283 g/mol. The summed E-state index contributed by atoms with van der Waals surface area (Å²) in [5.74, 6) is -1.45. The summed E-state index contributed by atoms with van der Waals surface area (Å²) in [7, 11) is 0. The van der Waals surface area contributed by atoms with Gasteiger partial charge >= 0.3 is 5.97 Å². The monoisotopic (exact) mass is 282 g/mol. The average Bonchev–Trinajstić information content (AvgIpc) is 2.78. The molecule has 0 atom stereocenters. The molecule has 0 aromatic carbocycles. The second kappa shape index (κ2) is 5.16. The molecule has 92 valence electrons. The van der Waals surface area contributed by atoms with Gasteiger partial charge in [-0.2, -0.15) is 0 Å². The number of thiophene rings is 1. The van der Waals surface area contributed by atoms with Crippen molar-refractivity contribution < 1.29 is 14.7 Å². The van der Waals surface area contributed by atoms with Gasteiger partial charge in [0.05, 0.1) is 15.6 Å². The van der Waals surface area contributed by atoms with Crippen molar-refractivity contribution in [3.8, 4) is 0 Å². The van der Waals surface area contributed by atoms with Gasteiger partial charge in [-0.05, 0) is 18.2 Å². The van der Waals surface area contributed by atoms with E-state index in [-0.39, 0.29) is 15.5 Å². The van der Waals surface area contributed by atoms with E-state index < -0.39 is 11.9 Å². The summed E-state index contributed by atoms with van der Waals surface area (Å²) in [6, 6.07) is 4.46. The first-order valence-electron chi connectivity index (χ1n) is 4.82. The van der Waals surface area contributed by atoms with Crippen molar-refractivity contribution in [1.82, 2.24) is 4.98 Å². The third-order valence-corrected chi connectivity index (χ3v) is 3.38. The van der Waals surface area contributed by atoms with Crippen LogP contribution in [-0.4, -0.2) is 22.0 Å². The number of anilines is 1. The van der Waals surface area contributed by atoms with Crippen LogP contribution in [0, 0.1) is 0 Å². The molecule has 0 aliphatic carbocycles. The number of nitrogens with zero attached hydrogens (tertiary/aromatic N) is 1. The Kier molecular flexibility index (Phi) is 3.59. The van der Waals surface area contributed by atoms with Crippen molar-refractivity contribution in [3.63, 3.8) is 0 Å². The van der Waals surface area contributed by atoms with Gasteiger partial charge in [0.25, 0.3) is 5.91 Å². The molecule has 2 aromatic heterocycles. The number of halogens is 1. The molecule has 0 bridgehead atoms. The first-order chi connectivity index (χ1) is 8.58. The molecule has 0 aliphatic heterocycles.